The molecule has 1 aliphatic carbocycles. The normalized spacial score (nSPS) is 19.1. The van der Waals surface area contributed by atoms with E-state index in [1.54, 1.807) is 6.07 Å². The molecule has 7 rings (SSSR count). The summed E-state index contributed by atoms with van der Waals surface area (Å²) in [6, 6.07) is 33.8. The van der Waals surface area contributed by atoms with Gasteiger partial charge in [0.25, 0.3) is 0 Å². The molecule has 1 saturated heterocycles. The molecule has 4 aromatic carbocycles. The van der Waals surface area contributed by atoms with Crippen LogP contribution in [0, 0.1) is 0 Å². The standard InChI is InChI=1S/C36H31NO6S2/c38-34(39)22-36(33-16-15-32(44-33)26-14-13-24-7-1-2-8-25(24)21-26)17-18-37(19-20-45(36,41)42)35(40)43-23-31-29-11-5-3-9-27(29)28-10-4-6-12-30(28)31/h1-16,21,31H,17-20,22-23H2,(H,38,39). The van der Waals surface area contributed by atoms with Crippen LogP contribution in [-0.2, 0) is 24.1 Å². The Bertz CT molecular complexity index is 2010. The molecular formula is C36H31NO6S2. The Kier molecular flexibility index (Phi) is 7.46. The molecule has 1 fully saturated rings. The summed E-state index contributed by atoms with van der Waals surface area (Å²) in [5, 5.41) is 12.1. The maximum Gasteiger partial charge on any atom is 0.409 e. The Morgan fingerprint density at radius 1 is 0.844 bits per heavy atom. The molecule has 0 saturated carbocycles. The Morgan fingerprint density at radius 2 is 1.51 bits per heavy atom. The Hall–Kier alpha value is -4.47. The first-order valence-corrected chi connectivity index (χ1v) is 17.4. The quantitative estimate of drug-likeness (QED) is 0.210. The maximum absolute atomic E-state index is 14.0. The molecule has 7 nitrogen and oxygen atoms in total. The third-order valence-corrected chi connectivity index (χ3v) is 13.1. The lowest BCUT2D eigenvalue weighted by Crippen LogP contribution is -2.39. The summed E-state index contributed by atoms with van der Waals surface area (Å²) in [5.74, 6) is -1.68. The number of hydrogen-bond acceptors (Lipinski definition) is 6. The Labute approximate surface area is 265 Å². The van der Waals surface area contributed by atoms with E-state index < -0.39 is 33.1 Å². The fraction of sp³-hybridized carbons (Fsp3) is 0.222. The third kappa shape index (κ3) is 5.19. The van der Waals surface area contributed by atoms with E-state index in [1.807, 2.05) is 78.9 Å². The molecule has 9 heteroatoms. The van der Waals surface area contributed by atoms with E-state index in [0.29, 0.717) is 4.88 Å². The minimum atomic E-state index is -3.97. The number of hydrogen-bond donors (Lipinski definition) is 1. The predicted molar refractivity (Wildman–Crippen MR) is 176 cm³/mol. The predicted octanol–water partition coefficient (Wildman–Crippen LogP) is 7.31. The second-order valence-electron chi connectivity index (χ2n) is 11.7. The first-order chi connectivity index (χ1) is 21.8. The van der Waals surface area contributed by atoms with Crippen LogP contribution < -0.4 is 0 Å². The molecule has 1 unspecified atom stereocenters. The van der Waals surface area contributed by atoms with Crippen molar-refractivity contribution in [2.45, 2.75) is 23.5 Å². The summed E-state index contributed by atoms with van der Waals surface area (Å²) in [6.45, 7) is 0.117. The molecule has 1 amide bonds. The second-order valence-corrected chi connectivity index (χ2v) is 15.2. The topological polar surface area (TPSA) is 101 Å². The summed E-state index contributed by atoms with van der Waals surface area (Å²) < 4.78 is 32.1. The minimum Gasteiger partial charge on any atom is -0.481 e. The van der Waals surface area contributed by atoms with Crippen LogP contribution in [0.1, 0.15) is 34.8 Å². The summed E-state index contributed by atoms with van der Waals surface area (Å²) in [7, 11) is -3.97. The van der Waals surface area contributed by atoms with Crippen molar-refractivity contribution in [2.75, 3.05) is 25.4 Å². The monoisotopic (exact) mass is 637 g/mol. The number of thiophene rings is 1. The first kappa shape index (κ1) is 29.3. The van der Waals surface area contributed by atoms with Gasteiger partial charge >= 0.3 is 12.1 Å². The van der Waals surface area contributed by atoms with Crippen LogP contribution in [0.15, 0.2) is 103 Å². The van der Waals surface area contributed by atoms with E-state index >= 15 is 0 Å². The van der Waals surface area contributed by atoms with Crippen LogP contribution in [0.4, 0.5) is 4.79 Å². The number of ether oxygens (including phenoxy) is 1. The van der Waals surface area contributed by atoms with Gasteiger partial charge in [-0.1, -0.05) is 84.9 Å². The fourth-order valence-electron chi connectivity index (χ4n) is 6.76. The molecule has 2 aliphatic rings. The second kappa shape index (κ2) is 11.5. The number of aliphatic carboxylic acids is 1. The van der Waals surface area contributed by atoms with Crippen molar-refractivity contribution < 1.29 is 27.9 Å². The Balaban J connectivity index is 1.13. The number of carbonyl (C=O) groups excluding carboxylic acids is 1. The van der Waals surface area contributed by atoms with Gasteiger partial charge in [0.05, 0.1) is 12.2 Å². The zero-order chi connectivity index (χ0) is 31.2. The number of rotatable bonds is 6. The minimum absolute atomic E-state index is 0.0382. The molecular weight excluding hydrogens is 607 g/mol. The lowest BCUT2D eigenvalue weighted by Gasteiger charge is -2.29. The molecule has 1 aromatic heterocycles. The maximum atomic E-state index is 14.0. The smallest absolute Gasteiger partial charge is 0.409 e. The zero-order valence-electron chi connectivity index (χ0n) is 24.4. The van der Waals surface area contributed by atoms with E-state index in [-0.39, 0.29) is 37.8 Å². The highest BCUT2D eigenvalue weighted by Crippen LogP contribution is 2.46. The highest BCUT2D eigenvalue weighted by Gasteiger charge is 2.50. The molecule has 0 radical (unpaired) electrons. The number of fused-ring (bicyclic) bond motifs is 4. The molecule has 1 aliphatic heterocycles. The number of carboxylic acid groups (broad SMARTS) is 1. The van der Waals surface area contributed by atoms with Crippen LogP contribution in [0.2, 0.25) is 0 Å². The fourth-order valence-corrected chi connectivity index (χ4v) is 10.4. The summed E-state index contributed by atoms with van der Waals surface area (Å²) in [6.07, 6.45) is -1.21. The molecule has 2 heterocycles. The lowest BCUT2D eigenvalue weighted by molar-refractivity contribution is -0.137. The molecule has 1 atom stereocenters. The van der Waals surface area contributed by atoms with Crippen molar-refractivity contribution in [3.05, 3.63) is 119 Å². The summed E-state index contributed by atoms with van der Waals surface area (Å²) in [4.78, 5) is 28.3. The van der Waals surface area contributed by atoms with Crippen molar-refractivity contribution in [2.24, 2.45) is 0 Å². The number of benzene rings is 4. The number of carbonyl (C=O) groups is 2. The molecule has 5 aromatic rings. The molecule has 0 bridgehead atoms. The van der Waals surface area contributed by atoms with Crippen LogP contribution in [-0.4, -0.2) is 55.9 Å². The molecule has 1 N–H and O–H groups in total. The first-order valence-electron chi connectivity index (χ1n) is 14.9. The summed E-state index contributed by atoms with van der Waals surface area (Å²) >= 11 is 1.30. The van der Waals surface area contributed by atoms with Crippen LogP contribution in [0.3, 0.4) is 0 Å². The van der Waals surface area contributed by atoms with Crippen LogP contribution in [0.5, 0.6) is 0 Å². The van der Waals surface area contributed by atoms with Gasteiger partial charge < -0.3 is 14.7 Å². The average molecular weight is 638 g/mol. The third-order valence-electron chi connectivity index (χ3n) is 9.13. The SMILES string of the molecule is O=C(O)CC1(c2ccc(-c3ccc4ccccc4c3)s2)CCN(C(=O)OCC2c3ccccc3-c3ccccc32)CCS1(=O)=O. The van der Waals surface area contributed by atoms with Gasteiger partial charge in [0.1, 0.15) is 11.4 Å². The van der Waals surface area contributed by atoms with Crippen LogP contribution in [0.25, 0.3) is 32.3 Å². The van der Waals surface area contributed by atoms with E-state index in [4.69, 9.17) is 4.74 Å². The number of sulfone groups is 1. The number of amides is 1. The van der Waals surface area contributed by atoms with E-state index in [2.05, 4.69) is 18.2 Å². The largest absolute Gasteiger partial charge is 0.481 e. The van der Waals surface area contributed by atoms with Gasteiger partial charge in [-0.15, -0.1) is 11.3 Å². The van der Waals surface area contributed by atoms with Crippen molar-refractivity contribution >= 4 is 44.0 Å². The zero-order valence-corrected chi connectivity index (χ0v) is 26.0. The van der Waals surface area contributed by atoms with Gasteiger partial charge in [-0.25, -0.2) is 13.2 Å². The van der Waals surface area contributed by atoms with Gasteiger partial charge in [0.15, 0.2) is 9.84 Å². The van der Waals surface area contributed by atoms with Gasteiger partial charge in [0.2, 0.25) is 0 Å². The number of carboxylic acids is 1. The van der Waals surface area contributed by atoms with Crippen LogP contribution >= 0.6 is 11.3 Å². The van der Waals surface area contributed by atoms with Gasteiger partial charge in [0, 0.05) is 28.8 Å². The van der Waals surface area contributed by atoms with E-state index in [9.17, 15) is 23.1 Å². The van der Waals surface area contributed by atoms with Crippen molar-refractivity contribution in [1.29, 1.82) is 0 Å². The molecule has 228 valence electrons. The Morgan fingerprint density at radius 3 is 2.22 bits per heavy atom. The highest BCUT2D eigenvalue weighted by atomic mass is 32.2. The van der Waals surface area contributed by atoms with Gasteiger partial charge in [-0.05, 0) is 63.2 Å². The van der Waals surface area contributed by atoms with Gasteiger partial charge in [-0.2, -0.15) is 0 Å². The lowest BCUT2D eigenvalue weighted by atomic mass is 9.97. The summed E-state index contributed by atoms with van der Waals surface area (Å²) in [5.41, 5.74) is 5.34. The average Bonchev–Trinajstić information content (AvgIpc) is 3.63. The highest BCUT2D eigenvalue weighted by molar-refractivity contribution is 7.92. The van der Waals surface area contributed by atoms with Gasteiger partial charge in [-0.3, -0.25) is 4.79 Å². The molecule has 45 heavy (non-hydrogen) atoms. The number of nitrogens with zero attached hydrogens (tertiary/aromatic N) is 1. The van der Waals surface area contributed by atoms with Crippen molar-refractivity contribution in [3.8, 4) is 21.6 Å². The van der Waals surface area contributed by atoms with E-state index in [1.165, 1.54) is 16.2 Å². The van der Waals surface area contributed by atoms with E-state index in [0.717, 1.165) is 43.5 Å². The molecule has 0 spiro atoms. The van der Waals surface area contributed by atoms with Crippen molar-refractivity contribution in [1.82, 2.24) is 4.90 Å². The van der Waals surface area contributed by atoms with Crippen molar-refractivity contribution in [3.63, 3.8) is 0 Å².